The molecule has 0 amide bonds. The first kappa shape index (κ1) is 68.4. The van der Waals surface area contributed by atoms with E-state index in [1.54, 1.807) is 55.0 Å². The van der Waals surface area contributed by atoms with Crippen LogP contribution in [0.2, 0.25) is 0 Å². The van der Waals surface area contributed by atoms with Crippen molar-refractivity contribution in [1.29, 1.82) is 0 Å². The van der Waals surface area contributed by atoms with Gasteiger partial charge in [0, 0.05) is 98.1 Å². The Morgan fingerprint density at radius 1 is 0.394 bits per heavy atom. The molecule has 0 spiro atoms. The number of carbonyl (C=O) groups is 2. The van der Waals surface area contributed by atoms with Gasteiger partial charge in [-0.15, -0.1) is 0 Å². The van der Waals surface area contributed by atoms with Crippen LogP contribution in [0.3, 0.4) is 0 Å². The fourth-order valence-electron chi connectivity index (χ4n) is 12.9. The highest BCUT2D eigenvalue weighted by Gasteiger charge is 2.25. The molecule has 0 atom stereocenters. The summed E-state index contributed by atoms with van der Waals surface area (Å²) in [5.74, 6) is -0.447. The molecule has 0 radical (unpaired) electrons. The lowest BCUT2D eigenvalue weighted by Crippen LogP contribution is -2.18. The normalized spacial score (nSPS) is 13.2. The SMILES string of the molecule is Cc1ccc2c(NCC(=O)c3cnccn3)c3c(nc2c1)CCCC3.Cc1ccc2c(NCC(=O)c3cnccn3)cc(C)nc2c1.Cc1ccc2c(NCS(=O)(=O)c3ccccc3)c3c(nc2c1)CCCC3.Cc1ccc2c(NCS(=O)(=O)c3ccccn3)c3c(nc2c1)CCCC3. The fourth-order valence-corrected chi connectivity index (χ4v) is 15.0. The van der Waals surface area contributed by atoms with Crippen molar-refractivity contribution in [2.75, 3.05) is 46.1 Å². The molecule has 7 heterocycles. The van der Waals surface area contributed by atoms with Crippen LogP contribution in [0, 0.1) is 34.6 Å². The van der Waals surface area contributed by atoms with Crippen LogP contribution in [-0.2, 0) is 58.2 Å². The summed E-state index contributed by atoms with van der Waals surface area (Å²) < 4.78 is 50.6. The Bertz CT molecular complexity index is 5010. The molecule has 12 aromatic rings. The van der Waals surface area contributed by atoms with E-state index in [-0.39, 0.29) is 41.4 Å². The molecule has 15 rings (SSSR count). The van der Waals surface area contributed by atoms with E-state index in [0.29, 0.717) is 16.3 Å². The lowest BCUT2D eigenvalue weighted by Gasteiger charge is -2.22. The summed E-state index contributed by atoms with van der Waals surface area (Å²) in [4.78, 5) is 63.9. The molecule has 21 heteroatoms. The smallest absolute Gasteiger partial charge is 0.213 e. The number of rotatable bonds is 16. The van der Waals surface area contributed by atoms with E-state index in [4.69, 9.17) is 15.0 Å². The van der Waals surface area contributed by atoms with Crippen LogP contribution in [0.4, 0.5) is 22.7 Å². The molecule has 0 fully saturated rings. The predicted molar refractivity (Wildman–Crippen MR) is 392 cm³/mol. The molecular weight excluding hydrogens is 1280 g/mol. The Hall–Kier alpha value is -10.5. The van der Waals surface area contributed by atoms with Gasteiger partial charge in [0.1, 0.15) is 23.1 Å². The van der Waals surface area contributed by atoms with Crippen molar-refractivity contribution in [3.63, 3.8) is 0 Å². The van der Waals surface area contributed by atoms with Crippen LogP contribution < -0.4 is 21.3 Å². The molecule has 0 unspecified atom stereocenters. The zero-order valence-electron chi connectivity index (χ0n) is 56.3. The van der Waals surface area contributed by atoms with Crippen molar-refractivity contribution in [3.8, 4) is 0 Å². The maximum Gasteiger partial charge on any atom is 0.213 e. The van der Waals surface area contributed by atoms with E-state index in [1.165, 1.54) is 66.1 Å². The Kier molecular flexibility index (Phi) is 21.4. The zero-order valence-corrected chi connectivity index (χ0v) is 57.9. The standard InChI is InChI=1S/C21H22N2O2S.C20H20N4O.C20H21N3O2S.C17H16N4O/c1-15-11-12-18-20(13-15)23-19-10-6-5-9-17(19)21(18)22-14-26(24,25)16-7-3-2-4-8-16;1-13-6-7-15-17(10-13)24-16-5-3-2-4-14(16)20(15)23-12-19(25)18-11-21-8-9-22-18;1-14-9-10-16-18(12-14)23-17-7-3-2-6-15(17)20(16)22-13-26(24,25)19-8-4-5-11-21-19;1-11-3-4-13-14(8-12(2)21-15(13)7-11)20-10-17(22)16-9-18-5-6-19-16/h2-4,7-8,11-13H,5-6,9-10,14H2,1H3,(H,22,23);6-11H,2-5,12H2,1H3,(H,23,24);4-5,8-12H,2-3,6-7,13H2,1H3,(H,22,23);3-9H,10H2,1-2H3,(H,20,21). The van der Waals surface area contributed by atoms with E-state index >= 15 is 0 Å². The van der Waals surface area contributed by atoms with Crippen molar-refractivity contribution in [2.24, 2.45) is 0 Å². The maximum absolute atomic E-state index is 12.7. The maximum atomic E-state index is 12.7. The van der Waals surface area contributed by atoms with Gasteiger partial charge in [0.25, 0.3) is 0 Å². The number of nitrogens with one attached hydrogen (secondary N) is 4. The fraction of sp³-hybridized carbons (Fsp3) is 0.269. The highest BCUT2D eigenvalue weighted by atomic mass is 32.2. The number of aromatic nitrogens is 9. The number of anilines is 4. The number of hydrogen-bond donors (Lipinski definition) is 4. The number of sulfone groups is 2. The van der Waals surface area contributed by atoms with Gasteiger partial charge in [-0.05, 0) is 205 Å². The van der Waals surface area contributed by atoms with E-state index < -0.39 is 19.7 Å². The second-order valence-electron chi connectivity index (χ2n) is 25.3. The van der Waals surface area contributed by atoms with Gasteiger partial charge in [-0.2, -0.15) is 0 Å². The topological polar surface area (TPSA) is 267 Å². The number of Topliss-reactive ketones (excluding diaryl/α,β-unsaturated/α-hetero) is 2. The molecule has 3 aliphatic carbocycles. The number of carbonyl (C=O) groups excluding carboxylic acids is 2. The highest BCUT2D eigenvalue weighted by molar-refractivity contribution is 7.91. The molecule has 0 saturated heterocycles. The minimum Gasteiger partial charge on any atom is -0.377 e. The van der Waals surface area contributed by atoms with Crippen molar-refractivity contribution < 1.29 is 26.4 Å². The first-order valence-electron chi connectivity index (χ1n) is 33.5. The van der Waals surface area contributed by atoms with Crippen LogP contribution in [0.25, 0.3) is 43.6 Å². The van der Waals surface area contributed by atoms with Crippen LogP contribution in [-0.4, -0.2) is 98.1 Å². The molecule has 0 bridgehead atoms. The molecule has 7 aromatic heterocycles. The zero-order chi connectivity index (χ0) is 69.0. The van der Waals surface area contributed by atoms with Gasteiger partial charge >= 0.3 is 0 Å². The number of benzene rings is 5. The average Bonchev–Trinajstić information content (AvgIpc) is 0.783. The van der Waals surface area contributed by atoms with E-state index in [2.05, 4.69) is 94.5 Å². The number of ketones is 2. The van der Waals surface area contributed by atoms with Crippen LogP contribution in [0.1, 0.15) is 121 Å². The molecule has 0 aliphatic heterocycles. The van der Waals surface area contributed by atoms with Crippen LogP contribution in [0.5, 0.6) is 0 Å². The van der Waals surface area contributed by atoms with E-state index in [9.17, 15) is 26.4 Å². The summed E-state index contributed by atoms with van der Waals surface area (Å²) in [7, 11) is -6.90. The molecule has 504 valence electrons. The number of pyridine rings is 5. The molecule has 3 aliphatic rings. The number of hydrogen-bond acceptors (Lipinski definition) is 19. The van der Waals surface area contributed by atoms with Gasteiger partial charge in [-0.3, -0.25) is 39.5 Å². The van der Waals surface area contributed by atoms with Crippen molar-refractivity contribution in [1.82, 2.24) is 44.9 Å². The van der Waals surface area contributed by atoms with Crippen molar-refractivity contribution in [2.45, 2.75) is 122 Å². The quantitative estimate of drug-likeness (QED) is 0.0655. The Balaban J connectivity index is 0.000000126. The van der Waals surface area contributed by atoms with Gasteiger partial charge in [0.05, 0.1) is 52.4 Å². The van der Waals surface area contributed by atoms with E-state index in [1.807, 2.05) is 76.2 Å². The number of nitrogens with zero attached hydrogens (tertiary/aromatic N) is 9. The third kappa shape index (κ3) is 16.6. The number of fused-ring (bicyclic) bond motifs is 7. The van der Waals surface area contributed by atoms with Crippen molar-refractivity contribution in [3.05, 3.63) is 244 Å². The van der Waals surface area contributed by atoms with Crippen LogP contribution >= 0.6 is 0 Å². The monoisotopic (exact) mass is 1360 g/mol. The second-order valence-corrected chi connectivity index (χ2v) is 29.3. The first-order valence-corrected chi connectivity index (χ1v) is 36.8. The molecule has 0 saturated carbocycles. The Morgan fingerprint density at radius 3 is 1.25 bits per heavy atom. The largest absolute Gasteiger partial charge is 0.377 e. The summed E-state index contributed by atoms with van der Waals surface area (Å²) >= 11 is 0. The minimum atomic E-state index is -3.50. The summed E-state index contributed by atoms with van der Waals surface area (Å²) in [6.45, 7) is 10.5. The molecule has 4 N–H and O–H groups in total. The molecule has 5 aromatic carbocycles. The third-order valence-electron chi connectivity index (χ3n) is 17.8. The first-order chi connectivity index (χ1) is 47.9. The van der Waals surface area contributed by atoms with Crippen molar-refractivity contribution >= 4 is 97.6 Å². The van der Waals surface area contributed by atoms with Gasteiger partial charge in [-0.1, -0.05) is 72.8 Å². The van der Waals surface area contributed by atoms with Gasteiger partial charge < -0.3 is 21.3 Å². The van der Waals surface area contributed by atoms with Crippen LogP contribution in [0.15, 0.2) is 181 Å². The Labute approximate surface area is 577 Å². The highest BCUT2D eigenvalue weighted by Crippen LogP contribution is 2.37. The number of aryl methyl sites for hydroxylation is 8. The summed E-state index contributed by atoms with van der Waals surface area (Å²) in [5, 5.41) is 17.2. The summed E-state index contributed by atoms with van der Waals surface area (Å²) in [6, 6.07) is 40.2. The minimum absolute atomic E-state index is 0.0604. The Morgan fingerprint density at radius 2 is 0.808 bits per heavy atom. The average molecular weight is 1360 g/mol. The van der Waals surface area contributed by atoms with Gasteiger partial charge in [-0.25, -0.2) is 31.8 Å². The van der Waals surface area contributed by atoms with Gasteiger partial charge in [0.15, 0.2) is 14.9 Å². The summed E-state index contributed by atoms with van der Waals surface area (Å²) in [6.07, 6.45) is 23.3. The molecule has 99 heavy (non-hydrogen) atoms. The van der Waals surface area contributed by atoms with E-state index in [0.717, 1.165) is 170 Å². The lowest BCUT2D eigenvalue weighted by molar-refractivity contribution is 0.0993. The second kappa shape index (κ2) is 30.9. The third-order valence-corrected chi connectivity index (χ3v) is 20.8. The summed E-state index contributed by atoms with van der Waals surface area (Å²) in [5.41, 5.74) is 20.8. The predicted octanol–water partition coefficient (Wildman–Crippen LogP) is 14.4. The lowest BCUT2D eigenvalue weighted by atomic mass is 9.92. The molecular formula is C78H79N13O6S2. The van der Waals surface area contributed by atoms with Gasteiger partial charge in [0.2, 0.25) is 21.4 Å². The molecule has 19 nitrogen and oxygen atoms in total.